The van der Waals surface area contributed by atoms with Gasteiger partial charge in [0.05, 0.1) is 6.07 Å². The molecule has 0 aromatic rings. The zero-order valence-electron chi connectivity index (χ0n) is 6.97. The van der Waals surface area contributed by atoms with Gasteiger partial charge in [-0.05, 0) is 37.5 Å². The summed E-state index contributed by atoms with van der Waals surface area (Å²) < 4.78 is 0. The molecule has 2 saturated carbocycles. The van der Waals surface area contributed by atoms with Crippen LogP contribution in [0.15, 0.2) is 0 Å². The maximum atomic E-state index is 8.76. The van der Waals surface area contributed by atoms with Gasteiger partial charge >= 0.3 is 0 Å². The van der Waals surface area contributed by atoms with Crippen LogP contribution in [-0.4, -0.2) is 0 Å². The minimum Gasteiger partial charge on any atom is -0.198 e. The lowest BCUT2D eigenvalue weighted by Gasteiger charge is -2.21. The lowest BCUT2D eigenvalue weighted by Crippen LogP contribution is -2.10. The minimum absolute atomic E-state index is 0.396. The average molecular weight is 149 g/mol. The SMILES string of the molecule is N#CC1CCC2(CCCC2)C1. The predicted molar refractivity (Wildman–Crippen MR) is 43.9 cm³/mol. The summed E-state index contributed by atoms with van der Waals surface area (Å²) in [6.45, 7) is 0. The molecule has 0 radical (unpaired) electrons. The van der Waals surface area contributed by atoms with Gasteiger partial charge in [-0.3, -0.25) is 0 Å². The zero-order chi connectivity index (χ0) is 7.73. The van der Waals surface area contributed by atoms with Gasteiger partial charge in [0.2, 0.25) is 0 Å². The molecule has 1 atom stereocenters. The summed E-state index contributed by atoms with van der Waals surface area (Å²) in [5.41, 5.74) is 0.639. The number of nitriles is 1. The van der Waals surface area contributed by atoms with Crippen LogP contribution in [0.1, 0.15) is 44.9 Å². The Morgan fingerprint density at radius 2 is 1.91 bits per heavy atom. The summed E-state index contributed by atoms with van der Waals surface area (Å²) in [5.74, 6) is 0.396. The first kappa shape index (κ1) is 7.16. The van der Waals surface area contributed by atoms with Crippen LogP contribution < -0.4 is 0 Å². The van der Waals surface area contributed by atoms with Crippen LogP contribution in [-0.2, 0) is 0 Å². The third-order valence-electron chi connectivity index (χ3n) is 3.55. The predicted octanol–water partition coefficient (Wildman–Crippen LogP) is 2.87. The molecule has 2 aliphatic carbocycles. The van der Waals surface area contributed by atoms with Crippen molar-refractivity contribution < 1.29 is 0 Å². The van der Waals surface area contributed by atoms with Crippen LogP contribution in [0, 0.1) is 22.7 Å². The van der Waals surface area contributed by atoms with Crippen molar-refractivity contribution in [3.05, 3.63) is 0 Å². The Kier molecular flexibility index (Phi) is 1.64. The molecule has 1 nitrogen and oxygen atoms in total. The molecule has 0 aromatic heterocycles. The summed E-state index contributed by atoms with van der Waals surface area (Å²) >= 11 is 0. The molecular formula is C10H15N. The average Bonchev–Trinajstić information content (AvgIpc) is 2.62. The number of rotatable bonds is 0. The van der Waals surface area contributed by atoms with Crippen molar-refractivity contribution in [3.8, 4) is 6.07 Å². The number of nitrogens with zero attached hydrogens (tertiary/aromatic N) is 1. The lowest BCUT2D eigenvalue weighted by molar-refractivity contribution is 0.303. The first-order valence-corrected chi connectivity index (χ1v) is 4.74. The highest BCUT2D eigenvalue weighted by Crippen LogP contribution is 2.52. The Balaban J connectivity index is 2.03. The molecule has 1 unspecified atom stereocenters. The second kappa shape index (κ2) is 2.52. The van der Waals surface area contributed by atoms with Crippen molar-refractivity contribution in [2.75, 3.05) is 0 Å². The highest BCUT2D eigenvalue weighted by Gasteiger charge is 2.40. The molecule has 2 fully saturated rings. The fourth-order valence-corrected chi connectivity index (χ4v) is 2.90. The molecular weight excluding hydrogens is 134 g/mol. The van der Waals surface area contributed by atoms with E-state index in [1.807, 2.05) is 0 Å². The molecule has 0 N–H and O–H groups in total. The second-order valence-electron chi connectivity index (χ2n) is 4.28. The zero-order valence-corrected chi connectivity index (χ0v) is 6.97. The van der Waals surface area contributed by atoms with Gasteiger partial charge < -0.3 is 0 Å². The van der Waals surface area contributed by atoms with E-state index in [4.69, 9.17) is 5.26 Å². The first-order chi connectivity index (χ1) is 5.35. The van der Waals surface area contributed by atoms with Crippen molar-refractivity contribution in [3.63, 3.8) is 0 Å². The second-order valence-corrected chi connectivity index (χ2v) is 4.28. The van der Waals surface area contributed by atoms with Crippen molar-refractivity contribution >= 4 is 0 Å². The smallest absolute Gasteiger partial charge is 0.0655 e. The van der Waals surface area contributed by atoms with E-state index >= 15 is 0 Å². The Labute approximate surface area is 68.4 Å². The van der Waals surface area contributed by atoms with Gasteiger partial charge in [-0.2, -0.15) is 5.26 Å². The fourth-order valence-electron chi connectivity index (χ4n) is 2.90. The molecule has 0 aliphatic heterocycles. The van der Waals surface area contributed by atoms with Gasteiger partial charge in [0.1, 0.15) is 0 Å². The number of hydrogen-bond acceptors (Lipinski definition) is 1. The van der Waals surface area contributed by atoms with Crippen LogP contribution in [0.25, 0.3) is 0 Å². The van der Waals surface area contributed by atoms with Gasteiger partial charge in [0.15, 0.2) is 0 Å². The van der Waals surface area contributed by atoms with E-state index in [2.05, 4.69) is 6.07 Å². The van der Waals surface area contributed by atoms with Crippen LogP contribution >= 0.6 is 0 Å². The van der Waals surface area contributed by atoms with E-state index in [1.165, 1.54) is 44.9 Å². The highest BCUT2D eigenvalue weighted by molar-refractivity contribution is 4.99. The minimum atomic E-state index is 0.396. The molecule has 0 heterocycles. The summed E-state index contributed by atoms with van der Waals surface area (Å²) in [6.07, 6.45) is 9.37. The van der Waals surface area contributed by atoms with Gasteiger partial charge in [0, 0.05) is 5.92 Å². The maximum Gasteiger partial charge on any atom is 0.0655 e. The molecule has 0 amide bonds. The van der Waals surface area contributed by atoms with E-state index < -0.39 is 0 Å². The van der Waals surface area contributed by atoms with Crippen molar-refractivity contribution in [1.29, 1.82) is 5.26 Å². The molecule has 60 valence electrons. The summed E-state index contributed by atoms with van der Waals surface area (Å²) in [5, 5.41) is 8.76. The standard InChI is InChI=1S/C10H15N/c11-8-9-3-6-10(7-9)4-1-2-5-10/h9H,1-7H2. The summed E-state index contributed by atoms with van der Waals surface area (Å²) in [6, 6.07) is 2.42. The van der Waals surface area contributed by atoms with Gasteiger partial charge in [-0.1, -0.05) is 12.8 Å². The molecule has 0 saturated heterocycles. The quantitative estimate of drug-likeness (QED) is 0.519. The van der Waals surface area contributed by atoms with E-state index in [1.54, 1.807) is 0 Å². The van der Waals surface area contributed by atoms with Gasteiger partial charge in [-0.25, -0.2) is 0 Å². The van der Waals surface area contributed by atoms with Crippen LogP contribution in [0.3, 0.4) is 0 Å². The topological polar surface area (TPSA) is 23.8 Å². The van der Waals surface area contributed by atoms with Crippen molar-refractivity contribution in [1.82, 2.24) is 0 Å². The van der Waals surface area contributed by atoms with E-state index in [9.17, 15) is 0 Å². The molecule has 2 aliphatic rings. The fraction of sp³-hybridized carbons (Fsp3) is 0.900. The van der Waals surface area contributed by atoms with Crippen LogP contribution in [0.5, 0.6) is 0 Å². The van der Waals surface area contributed by atoms with Crippen LogP contribution in [0.2, 0.25) is 0 Å². The largest absolute Gasteiger partial charge is 0.198 e. The normalized spacial score (nSPS) is 34.3. The lowest BCUT2D eigenvalue weighted by atomic mass is 9.84. The molecule has 2 rings (SSSR count). The van der Waals surface area contributed by atoms with Gasteiger partial charge in [0.25, 0.3) is 0 Å². The van der Waals surface area contributed by atoms with E-state index in [-0.39, 0.29) is 0 Å². The number of hydrogen-bond donors (Lipinski definition) is 0. The first-order valence-electron chi connectivity index (χ1n) is 4.74. The molecule has 1 spiro atoms. The Morgan fingerprint density at radius 3 is 2.45 bits per heavy atom. The van der Waals surface area contributed by atoms with Crippen molar-refractivity contribution in [2.24, 2.45) is 11.3 Å². The monoisotopic (exact) mass is 149 g/mol. The Bertz CT molecular complexity index is 184. The maximum absolute atomic E-state index is 8.76. The molecule has 0 bridgehead atoms. The van der Waals surface area contributed by atoms with Crippen LogP contribution in [0.4, 0.5) is 0 Å². The molecule has 11 heavy (non-hydrogen) atoms. The van der Waals surface area contributed by atoms with E-state index in [0.29, 0.717) is 11.3 Å². The Hall–Kier alpha value is -0.510. The van der Waals surface area contributed by atoms with Crippen molar-refractivity contribution in [2.45, 2.75) is 44.9 Å². The molecule has 1 heteroatoms. The van der Waals surface area contributed by atoms with Gasteiger partial charge in [-0.15, -0.1) is 0 Å². The summed E-state index contributed by atoms with van der Waals surface area (Å²) in [4.78, 5) is 0. The molecule has 0 aromatic carbocycles. The third-order valence-corrected chi connectivity index (χ3v) is 3.55. The van der Waals surface area contributed by atoms with E-state index in [0.717, 1.165) is 0 Å². The Morgan fingerprint density at radius 1 is 1.18 bits per heavy atom. The highest BCUT2D eigenvalue weighted by atomic mass is 14.5. The third kappa shape index (κ3) is 1.15. The summed E-state index contributed by atoms with van der Waals surface area (Å²) in [7, 11) is 0.